The molecule has 0 radical (unpaired) electrons. The second kappa shape index (κ2) is 9.59. The topological polar surface area (TPSA) is 89.0 Å². The lowest BCUT2D eigenvalue weighted by Crippen LogP contribution is -2.35. The summed E-state index contributed by atoms with van der Waals surface area (Å²) in [6, 6.07) is 11.8. The Kier molecular flexibility index (Phi) is 7.19. The van der Waals surface area contributed by atoms with E-state index in [4.69, 9.17) is 21.1 Å². The highest BCUT2D eigenvalue weighted by Crippen LogP contribution is 2.27. The smallest absolute Gasteiger partial charge is 0.259 e. The van der Waals surface area contributed by atoms with E-state index < -0.39 is 11.8 Å². The molecule has 0 aliphatic carbocycles. The predicted molar refractivity (Wildman–Crippen MR) is 104 cm³/mol. The summed E-state index contributed by atoms with van der Waals surface area (Å²) in [5.74, 6) is 0.0817. The van der Waals surface area contributed by atoms with Gasteiger partial charge in [0.2, 0.25) is 0 Å². The fourth-order valence-electron chi connectivity index (χ4n) is 2.18. The summed E-state index contributed by atoms with van der Waals surface area (Å²) in [4.78, 5) is 24.1. The third-order valence-electron chi connectivity index (χ3n) is 3.67. The van der Waals surface area contributed by atoms with Gasteiger partial charge in [-0.2, -0.15) is 5.10 Å². The van der Waals surface area contributed by atoms with Crippen LogP contribution in [0.15, 0.2) is 47.6 Å². The number of nitrogens with zero attached hydrogens (tertiary/aromatic N) is 1. The maximum atomic E-state index is 12.2. The molecule has 2 aromatic rings. The molecule has 0 atom stereocenters. The van der Waals surface area contributed by atoms with Crippen molar-refractivity contribution in [2.75, 3.05) is 20.8 Å². The first-order chi connectivity index (χ1) is 12.9. The van der Waals surface area contributed by atoms with Crippen molar-refractivity contribution in [1.29, 1.82) is 0 Å². The van der Waals surface area contributed by atoms with Gasteiger partial charge in [0.05, 0.1) is 26.5 Å². The van der Waals surface area contributed by atoms with Crippen LogP contribution >= 0.6 is 11.6 Å². The first-order valence-corrected chi connectivity index (χ1v) is 8.41. The Morgan fingerprint density at radius 3 is 2.26 bits per heavy atom. The van der Waals surface area contributed by atoms with Crippen LogP contribution in [0, 0.1) is 0 Å². The average molecular weight is 390 g/mol. The number of methoxy groups -OCH3 is 2. The van der Waals surface area contributed by atoms with E-state index in [0.29, 0.717) is 27.8 Å². The summed E-state index contributed by atoms with van der Waals surface area (Å²) in [6.07, 6.45) is 0. The molecule has 0 spiro atoms. The Balaban J connectivity index is 1.90. The lowest BCUT2D eigenvalue weighted by molar-refractivity contribution is -0.120. The molecule has 0 unspecified atom stereocenters. The largest absolute Gasteiger partial charge is 0.493 e. The van der Waals surface area contributed by atoms with E-state index in [1.165, 1.54) is 20.3 Å². The zero-order chi connectivity index (χ0) is 19.8. The number of ether oxygens (including phenoxy) is 2. The normalized spacial score (nSPS) is 10.9. The Labute approximate surface area is 162 Å². The van der Waals surface area contributed by atoms with Crippen molar-refractivity contribution < 1.29 is 19.1 Å². The first-order valence-electron chi connectivity index (χ1n) is 8.04. The number of amides is 2. The quantitative estimate of drug-likeness (QED) is 0.562. The number of carbonyl (C=O) groups is 2. The summed E-state index contributed by atoms with van der Waals surface area (Å²) in [5.41, 5.74) is 4.19. The van der Waals surface area contributed by atoms with Crippen molar-refractivity contribution in [2.45, 2.75) is 6.92 Å². The molecule has 142 valence electrons. The van der Waals surface area contributed by atoms with Crippen molar-refractivity contribution in [1.82, 2.24) is 10.7 Å². The number of benzene rings is 2. The molecule has 0 heterocycles. The molecule has 0 aromatic heterocycles. The van der Waals surface area contributed by atoms with Gasteiger partial charge in [0, 0.05) is 10.6 Å². The van der Waals surface area contributed by atoms with Crippen LogP contribution < -0.4 is 20.2 Å². The number of carbonyl (C=O) groups excluding carboxylic acids is 2. The Bertz CT molecular complexity index is 851. The molecule has 0 saturated heterocycles. The molecule has 8 heteroatoms. The fourth-order valence-corrected chi connectivity index (χ4v) is 2.31. The van der Waals surface area contributed by atoms with E-state index in [1.807, 2.05) is 0 Å². The zero-order valence-electron chi connectivity index (χ0n) is 15.2. The minimum Gasteiger partial charge on any atom is -0.493 e. The SMILES string of the molecule is COc1ccc(C(=O)NCC(=O)N/N=C(\C)c2ccc(Cl)cc2)cc1OC. The summed E-state index contributed by atoms with van der Waals surface area (Å²) in [7, 11) is 2.99. The van der Waals surface area contributed by atoms with E-state index in [-0.39, 0.29) is 6.54 Å². The van der Waals surface area contributed by atoms with Crippen molar-refractivity contribution in [3.05, 3.63) is 58.6 Å². The van der Waals surface area contributed by atoms with Crippen molar-refractivity contribution >= 4 is 29.1 Å². The van der Waals surface area contributed by atoms with Crippen molar-refractivity contribution in [2.24, 2.45) is 5.10 Å². The van der Waals surface area contributed by atoms with E-state index in [2.05, 4.69) is 15.8 Å². The molecule has 2 rings (SSSR count). The minimum atomic E-state index is -0.447. The van der Waals surface area contributed by atoms with Crippen LogP contribution in [-0.4, -0.2) is 38.3 Å². The number of hydrogen-bond donors (Lipinski definition) is 2. The van der Waals surface area contributed by atoms with Gasteiger partial charge in [0.1, 0.15) is 0 Å². The Morgan fingerprint density at radius 2 is 1.63 bits per heavy atom. The van der Waals surface area contributed by atoms with Gasteiger partial charge in [-0.05, 0) is 42.8 Å². The summed E-state index contributed by atoms with van der Waals surface area (Å²) < 4.78 is 10.3. The van der Waals surface area contributed by atoms with Crippen LogP contribution in [0.25, 0.3) is 0 Å². The number of rotatable bonds is 7. The molecular weight excluding hydrogens is 370 g/mol. The highest BCUT2D eigenvalue weighted by atomic mass is 35.5. The lowest BCUT2D eigenvalue weighted by atomic mass is 10.1. The summed E-state index contributed by atoms with van der Waals surface area (Å²) >= 11 is 5.84. The molecule has 2 amide bonds. The van der Waals surface area contributed by atoms with Gasteiger partial charge in [-0.25, -0.2) is 5.43 Å². The van der Waals surface area contributed by atoms with Crippen LogP contribution in [0.3, 0.4) is 0 Å². The standard InChI is InChI=1S/C19H20ClN3O4/c1-12(13-4-7-15(20)8-5-13)22-23-18(24)11-21-19(25)14-6-9-16(26-2)17(10-14)27-3/h4-10H,11H2,1-3H3,(H,21,25)(H,23,24)/b22-12+. The van der Waals surface area contributed by atoms with Gasteiger partial charge in [-0.15, -0.1) is 0 Å². The minimum absolute atomic E-state index is 0.218. The second-order valence-corrected chi connectivity index (χ2v) is 5.93. The molecule has 0 aliphatic heterocycles. The van der Waals surface area contributed by atoms with E-state index >= 15 is 0 Å². The van der Waals surface area contributed by atoms with Crippen LogP contribution in [0.2, 0.25) is 5.02 Å². The summed E-state index contributed by atoms with van der Waals surface area (Å²) in [5, 5.41) is 7.15. The molecule has 0 bridgehead atoms. The van der Waals surface area contributed by atoms with Crippen molar-refractivity contribution in [3.63, 3.8) is 0 Å². The van der Waals surface area contributed by atoms with E-state index in [1.54, 1.807) is 43.3 Å². The van der Waals surface area contributed by atoms with Crippen molar-refractivity contribution in [3.8, 4) is 11.5 Å². The molecule has 0 saturated carbocycles. The number of halogens is 1. The van der Waals surface area contributed by atoms with Crippen LogP contribution in [0.4, 0.5) is 0 Å². The first kappa shape index (κ1) is 20.3. The molecular formula is C19H20ClN3O4. The monoisotopic (exact) mass is 389 g/mol. The average Bonchev–Trinajstić information content (AvgIpc) is 2.70. The van der Waals surface area contributed by atoms with E-state index in [0.717, 1.165) is 5.56 Å². The number of hydrogen-bond acceptors (Lipinski definition) is 5. The van der Waals surface area contributed by atoms with Gasteiger partial charge in [-0.1, -0.05) is 23.7 Å². The Morgan fingerprint density at radius 1 is 1.00 bits per heavy atom. The van der Waals surface area contributed by atoms with Gasteiger partial charge in [0.25, 0.3) is 11.8 Å². The third-order valence-corrected chi connectivity index (χ3v) is 3.92. The molecule has 2 aromatic carbocycles. The Hall–Kier alpha value is -3.06. The maximum absolute atomic E-state index is 12.2. The highest BCUT2D eigenvalue weighted by Gasteiger charge is 2.12. The number of hydrazone groups is 1. The summed E-state index contributed by atoms with van der Waals surface area (Å²) in [6.45, 7) is 1.54. The highest BCUT2D eigenvalue weighted by molar-refractivity contribution is 6.30. The zero-order valence-corrected chi connectivity index (χ0v) is 16.0. The van der Waals surface area contributed by atoms with Gasteiger partial charge >= 0.3 is 0 Å². The van der Waals surface area contributed by atoms with Gasteiger partial charge < -0.3 is 14.8 Å². The molecule has 27 heavy (non-hydrogen) atoms. The lowest BCUT2D eigenvalue weighted by Gasteiger charge is -2.10. The van der Waals surface area contributed by atoms with E-state index in [9.17, 15) is 9.59 Å². The number of nitrogens with one attached hydrogen (secondary N) is 2. The predicted octanol–water partition coefficient (Wildman–Crippen LogP) is 2.63. The molecule has 7 nitrogen and oxygen atoms in total. The molecule has 0 fully saturated rings. The molecule has 2 N–H and O–H groups in total. The van der Waals surface area contributed by atoms with Crippen LogP contribution in [-0.2, 0) is 4.79 Å². The molecule has 0 aliphatic rings. The van der Waals surface area contributed by atoms with Crippen LogP contribution in [0.5, 0.6) is 11.5 Å². The maximum Gasteiger partial charge on any atom is 0.259 e. The van der Waals surface area contributed by atoms with Gasteiger partial charge in [0.15, 0.2) is 11.5 Å². The van der Waals surface area contributed by atoms with Gasteiger partial charge in [-0.3, -0.25) is 9.59 Å². The third kappa shape index (κ3) is 5.72. The second-order valence-electron chi connectivity index (χ2n) is 5.49. The fraction of sp³-hybridized carbons (Fsp3) is 0.211. The van der Waals surface area contributed by atoms with Crippen LogP contribution in [0.1, 0.15) is 22.8 Å².